The lowest BCUT2D eigenvalue weighted by Crippen LogP contribution is -2.16. The maximum atomic E-state index is 12.6. The highest BCUT2D eigenvalue weighted by molar-refractivity contribution is 6.31. The summed E-state index contributed by atoms with van der Waals surface area (Å²) in [6, 6.07) is 8.81. The Bertz CT molecular complexity index is 1050. The minimum Gasteiger partial charge on any atom is -0.497 e. The molecule has 0 radical (unpaired) electrons. The number of methoxy groups -OCH3 is 1. The second kappa shape index (κ2) is 6.61. The van der Waals surface area contributed by atoms with Crippen molar-refractivity contribution in [2.45, 2.75) is 13.8 Å². The fourth-order valence-corrected chi connectivity index (χ4v) is 2.92. The van der Waals surface area contributed by atoms with E-state index in [1.165, 1.54) is 6.07 Å². The molecule has 128 valence electrons. The first-order chi connectivity index (χ1) is 11.9. The summed E-state index contributed by atoms with van der Waals surface area (Å²) in [4.78, 5) is 31.2. The molecule has 0 aliphatic heterocycles. The number of hydrogen-bond acceptors (Lipinski definition) is 3. The van der Waals surface area contributed by atoms with Gasteiger partial charge < -0.3 is 14.7 Å². The van der Waals surface area contributed by atoms with Crippen LogP contribution in [0, 0.1) is 13.8 Å². The topological polar surface area (TPSA) is 75.0 Å². The van der Waals surface area contributed by atoms with Crippen LogP contribution in [0.2, 0.25) is 5.02 Å². The lowest BCUT2D eigenvalue weighted by Gasteiger charge is -2.09. The van der Waals surface area contributed by atoms with Gasteiger partial charge in [0.25, 0.3) is 0 Å². The second-order valence-corrected chi connectivity index (χ2v) is 6.12. The Morgan fingerprint density at radius 1 is 1.04 bits per heavy atom. The summed E-state index contributed by atoms with van der Waals surface area (Å²) >= 11 is 6.04. The summed E-state index contributed by atoms with van der Waals surface area (Å²) in [5.74, 6) is 0.735. The Balaban J connectivity index is 2.11. The van der Waals surface area contributed by atoms with Gasteiger partial charge in [0.2, 0.25) is 5.43 Å². The first-order valence-electron chi connectivity index (χ1n) is 7.69. The predicted molar refractivity (Wildman–Crippen MR) is 99.6 cm³/mol. The van der Waals surface area contributed by atoms with Gasteiger partial charge in [0.05, 0.1) is 18.2 Å². The summed E-state index contributed by atoms with van der Waals surface area (Å²) in [6.45, 7) is 3.47. The molecule has 0 aliphatic rings. The van der Waals surface area contributed by atoms with E-state index in [0.29, 0.717) is 17.1 Å². The van der Waals surface area contributed by atoms with Gasteiger partial charge in [-0.15, -0.1) is 0 Å². The summed E-state index contributed by atoms with van der Waals surface area (Å²) in [6.07, 6.45) is 1.55. The number of rotatable bonds is 3. The van der Waals surface area contributed by atoms with E-state index >= 15 is 0 Å². The molecule has 25 heavy (non-hydrogen) atoms. The van der Waals surface area contributed by atoms with Gasteiger partial charge in [-0.3, -0.25) is 9.59 Å². The zero-order chi connectivity index (χ0) is 18.1. The molecule has 2 heterocycles. The van der Waals surface area contributed by atoms with Crippen LogP contribution >= 0.6 is 11.6 Å². The van der Waals surface area contributed by atoms with Crippen LogP contribution in [0.4, 0.5) is 0 Å². The van der Waals surface area contributed by atoms with Gasteiger partial charge in [-0.25, -0.2) is 0 Å². The number of hydrogen-bond donors (Lipinski definition) is 2. The van der Waals surface area contributed by atoms with E-state index in [0.717, 1.165) is 11.3 Å². The Morgan fingerprint density at radius 3 is 2.32 bits per heavy atom. The van der Waals surface area contributed by atoms with Gasteiger partial charge in [-0.2, -0.15) is 0 Å². The molecule has 0 saturated carbocycles. The molecule has 0 fully saturated rings. The molecule has 2 N–H and O–H groups in total. The van der Waals surface area contributed by atoms with Gasteiger partial charge in [-0.05, 0) is 43.7 Å². The van der Waals surface area contributed by atoms with Crippen molar-refractivity contribution in [2.75, 3.05) is 7.11 Å². The average Bonchev–Trinajstić information content (AvgIpc) is 2.61. The van der Waals surface area contributed by atoms with Crippen LogP contribution in [-0.2, 0) is 0 Å². The summed E-state index contributed by atoms with van der Waals surface area (Å²) in [5.41, 5.74) is 2.67. The number of H-pyrrole nitrogens is 2. The average molecular weight is 357 g/mol. The number of benzene rings is 1. The molecule has 0 bridgehead atoms. The third-order valence-corrected chi connectivity index (χ3v) is 4.54. The number of pyridine rings is 2. The first kappa shape index (κ1) is 17.0. The Kier molecular flexibility index (Phi) is 4.51. The largest absolute Gasteiger partial charge is 0.497 e. The van der Waals surface area contributed by atoms with Gasteiger partial charge in [0.1, 0.15) is 10.8 Å². The molecule has 0 saturated heterocycles. The van der Waals surface area contributed by atoms with Gasteiger partial charge in [-0.1, -0.05) is 11.6 Å². The van der Waals surface area contributed by atoms with E-state index in [1.807, 2.05) is 24.3 Å². The molecule has 3 aromatic rings. The smallest absolute Gasteiger partial charge is 0.208 e. The van der Waals surface area contributed by atoms with Crippen LogP contribution in [0.5, 0.6) is 5.75 Å². The molecule has 5 nitrogen and oxygen atoms in total. The number of aromatic amines is 2. The van der Waals surface area contributed by atoms with E-state index in [4.69, 9.17) is 16.3 Å². The molecule has 0 aliphatic carbocycles. The predicted octanol–water partition coefficient (Wildman–Crippen LogP) is 3.68. The van der Waals surface area contributed by atoms with E-state index in [9.17, 15) is 9.59 Å². The number of aromatic nitrogens is 2. The molecule has 0 spiro atoms. The Labute approximate surface area is 149 Å². The fraction of sp³-hybridized carbons (Fsp3) is 0.158. The van der Waals surface area contributed by atoms with Gasteiger partial charge in [0, 0.05) is 29.3 Å². The molecule has 0 unspecified atom stereocenters. The zero-order valence-corrected chi connectivity index (χ0v) is 14.8. The lowest BCUT2D eigenvalue weighted by molar-refractivity contribution is 0.415. The van der Waals surface area contributed by atoms with Gasteiger partial charge >= 0.3 is 0 Å². The summed E-state index contributed by atoms with van der Waals surface area (Å²) < 4.78 is 5.13. The van der Waals surface area contributed by atoms with Crippen LogP contribution in [0.15, 0.2) is 46.1 Å². The normalized spacial score (nSPS) is 10.7. The van der Waals surface area contributed by atoms with Crippen molar-refractivity contribution in [1.29, 1.82) is 0 Å². The molecule has 3 rings (SSSR count). The van der Waals surface area contributed by atoms with Crippen molar-refractivity contribution < 1.29 is 4.74 Å². The molecular weight excluding hydrogens is 340 g/mol. The minimum absolute atomic E-state index is 0.0965. The van der Waals surface area contributed by atoms with Crippen LogP contribution in [0.1, 0.15) is 11.4 Å². The minimum atomic E-state index is -0.349. The van der Waals surface area contributed by atoms with Crippen LogP contribution in [0.3, 0.4) is 0 Å². The van der Waals surface area contributed by atoms with Crippen molar-refractivity contribution in [3.63, 3.8) is 0 Å². The second-order valence-electron chi connectivity index (χ2n) is 5.75. The van der Waals surface area contributed by atoms with E-state index < -0.39 is 0 Å². The van der Waals surface area contributed by atoms with E-state index in [2.05, 4.69) is 9.97 Å². The molecule has 2 aromatic heterocycles. The molecule has 0 amide bonds. The van der Waals surface area contributed by atoms with E-state index in [-0.39, 0.29) is 27.0 Å². The SMILES string of the molecule is COc1ccc(-c2cc(=O)c(-c3c(C)[nH]c(C)c(Cl)c3=O)c[nH]2)cc1. The maximum absolute atomic E-state index is 12.6. The van der Waals surface area contributed by atoms with E-state index in [1.54, 1.807) is 27.2 Å². The number of nitrogens with one attached hydrogen (secondary N) is 2. The van der Waals surface area contributed by atoms with Crippen LogP contribution in [0.25, 0.3) is 22.4 Å². The van der Waals surface area contributed by atoms with Gasteiger partial charge in [0.15, 0.2) is 5.43 Å². The molecule has 1 aromatic carbocycles. The highest BCUT2D eigenvalue weighted by Gasteiger charge is 2.16. The van der Waals surface area contributed by atoms with Crippen LogP contribution in [-0.4, -0.2) is 17.1 Å². The van der Waals surface area contributed by atoms with Crippen molar-refractivity contribution in [1.82, 2.24) is 9.97 Å². The highest BCUT2D eigenvalue weighted by atomic mass is 35.5. The molecular formula is C19H17ClN2O3. The lowest BCUT2D eigenvalue weighted by atomic mass is 10.0. The first-order valence-corrected chi connectivity index (χ1v) is 8.06. The third-order valence-electron chi connectivity index (χ3n) is 4.09. The monoisotopic (exact) mass is 356 g/mol. The Hall–Kier alpha value is -2.79. The molecule has 6 heteroatoms. The van der Waals surface area contributed by atoms with Crippen LogP contribution < -0.4 is 15.6 Å². The Morgan fingerprint density at radius 2 is 1.72 bits per heavy atom. The molecule has 0 atom stereocenters. The highest BCUT2D eigenvalue weighted by Crippen LogP contribution is 2.22. The third kappa shape index (κ3) is 3.10. The van der Waals surface area contributed by atoms with Crippen molar-refractivity contribution >= 4 is 11.6 Å². The summed E-state index contributed by atoms with van der Waals surface area (Å²) in [7, 11) is 1.60. The number of aryl methyl sites for hydroxylation is 2. The van der Waals surface area contributed by atoms with Crippen molar-refractivity contribution in [3.8, 4) is 28.1 Å². The van der Waals surface area contributed by atoms with Crippen molar-refractivity contribution in [3.05, 3.63) is 73.4 Å². The number of ether oxygens (including phenoxy) is 1. The van der Waals surface area contributed by atoms with Crippen molar-refractivity contribution in [2.24, 2.45) is 0 Å². The quantitative estimate of drug-likeness (QED) is 0.751. The zero-order valence-electron chi connectivity index (χ0n) is 14.1. The maximum Gasteiger partial charge on any atom is 0.208 e. The fourth-order valence-electron chi connectivity index (χ4n) is 2.78. The standard InChI is InChI=1S/C19H17ClN2O3/c1-10-17(19(24)18(20)11(2)22-10)14-9-21-15(8-16(14)23)12-4-6-13(25-3)7-5-12/h4-9H,1-3H3,(H,21,23)(H,22,24). The number of halogens is 1. The summed E-state index contributed by atoms with van der Waals surface area (Å²) in [5, 5.41) is 0.0965.